The number of rotatable bonds is 3. The highest BCUT2D eigenvalue weighted by Crippen LogP contribution is 2.30. The highest BCUT2D eigenvalue weighted by molar-refractivity contribution is 5.04. The van der Waals surface area contributed by atoms with Gasteiger partial charge in [0.25, 0.3) is 0 Å². The first-order chi connectivity index (χ1) is 6.65. The van der Waals surface area contributed by atoms with Crippen molar-refractivity contribution in [1.82, 2.24) is 4.90 Å². The fraction of sp³-hybridized carbons (Fsp3) is 0.692. The van der Waals surface area contributed by atoms with E-state index in [2.05, 4.69) is 32.0 Å². The Kier molecular flexibility index (Phi) is 4.24. The summed E-state index contributed by atoms with van der Waals surface area (Å²) in [6.07, 6.45) is 6.26. The Labute approximate surface area is 88.5 Å². The van der Waals surface area contributed by atoms with Crippen LogP contribution in [0, 0.1) is 5.92 Å². The largest absolute Gasteiger partial charge is 0.378 e. The van der Waals surface area contributed by atoms with Gasteiger partial charge in [0, 0.05) is 19.3 Å². The molecule has 0 amide bonds. The average Bonchev–Trinajstić information content (AvgIpc) is 2.40. The zero-order chi connectivity index (χ0) is 10.6. The Morgan fingerprint density at radius 1 is 1.43 bits per heavy atom. The number of hydrogen-bond acceptors (Lipinski definition) is 1. The molecule has 0 N–H and O–H groups in total. The van der Waals surface area contributed by atoms with Crippen molar-refractivity contribution in [1.29, 1.82) is 0 Å². The molecule has 0 radical (unpaired) electrons. The summed E-state index contributed by atoms with van der Waals surface area (Å²) in [4.78, 5) is 2.28. The van der Waals surface area contributed by atoms with Crippen LogP contribution in [-0.2, 0) is 0 Å². The second kappa shape index (κ2) is 5.23. The molecule has 14 heavy (non-hydrogen) atoms. The van der Waals surface area contributed by atoms with Crippen molar-refractivity contribution >= 4 is 0 Å². The molecular formula is C13H23N. The van der Waals surface area contributed by atoms with Gasteiger partial charge in [-0.25, -0.2) is 0 Å². The third-order valence-corrected chi connectivity index (χ3v) is 3.37. The summed E-state index contributed by atoms with van der Waals surface area (Å²) in [5, 5.41) is 0. The minimum absolute atomic E-state index is 0.694. The van der Waals surface area contributed by atoms with Crippen LogP contribution in [0.15, 0.2) is 24.4 Å². The van der Waals surface area contributed by atoms with Gasteiger partial charge in [0.2, 0.25) is 0 Å². The maximum atomic E-state index is 4.21. The molecular weight excluding hydrogens is 170 g/mol. The average molecular weight is 193 g/mol. The highest BCUT2D eigenvalue weighted by Gasteiger charge is 2.18. The first-order valence-corrected chi connectivity index (χ1v) is 5.71. The molecule has 1 saturated carbocycles. The first kappa shape index (κ1) is 11.4. The normalized spacial score (nSPS) is 23.0. The van der Waals surface area contributed by atoms with E-state index in [0.717, 1.165) is 6.54 Å². The Morgan fingerprint density at radius 2 is 2.14 bits per heavy atom. The molecule has 1 unspecified atom stereocenters. The Balaban J connectivity index is 2.51. The molecule has 0 aliphatic heterocycles. The summed E-state index contributed by atoms with van der Waals surface area (Å²) in [5.41, 5.74) is 2.75. The van der Waals surface area contributed by atoms with Crippen molar-refractivity contribution in [3.63, 3.8) is 0 Å². The van der Waals surface area contributed by atoms with Gasteiger partial charge in [-0.3, -0.25) is 0 Å². The predicted octanol–water partition coefficient (Wildman–Crippen LogP) is 3.59. The smallest absolute Gasteiger partial charge is 0.0143 e. The van der Waals surface area contributed by atoms with E-state index in [9.17, 15) is 0 Å². The van der Waals surface area contributed by atoms with Crippen molar-refractivity contribution in [2.45, 2.75) is 39.0 Å². The SMILES string of the molecule is C=C1CCCC(C(=C)N(C)CC)CC1. The molecule has 1 nitrogen and oxygen atoms in total. The highest BCUT2D eigenvalue weighted by atomic mass is 15.1. The first-order valence-electron chi connectivity index (χ1n) is 5.71. The van der Waals surface area contributed by atoms with Crippen LogP contribution in [-0.4, -0.2) is 18.5 Å². The minimum Gasteiger partial charge on any atom is -0.378 e. The van der Waals surface area contributed by atoms with Crippen LogP contribution in [0.4, 0.5) is 0 Å². The van der Waals surface area contributed by atoms with Gasteiger partial charge in [-0.15, -0.1) is 0 Å². The van der Waals surface area contributed by atoms with Crippen molar-refractivity contribution in [2.75, 3.05) is 13.6 Å². The lowest BCUT2D eigenvalue weighted by Gasteiger charge is -2.26. The van der Waals surface area contributed by atoms with Gasteiger partial charge in [-0.2, -0.15) is 0 Å². The second-order valence-electron chi connectivity index (χ2n) is 4.38. The molecule has 80 valence electrons. The maximum absolute atomic E-state index is 4.21. The minimum atomic E-state index is 0.694. The van der Waals surface area contributed by atoms with Gasteiger partial charge in [0.15, 0.2) is 0 Å². The monoisotopic (exact) mass is 193 g/mol. The van der Waals surface area contributed by atoms with Gasteiger partial charge in [-0.1, -0.05) is 18.7 Å². The molecule has 0 spiro atoms. The molecule has 1 aliphatic carbocycles. The summed E-state index contributed by atoms with van der Waals surface area (Å²) in [7, 11) is 2.14. The molecule has 1 fully saturated rings. The summed E-state index contributed by atoms with van der Waals surface area (Å²) >= 11 is 0. The van der Waals surface area contributed by atoms with Gasteiger partial charge in [0.05, 0.1) is 0 Å². The summed E-state index contributed by atoms with van der Waals surface area (Å²) in [6, 6.07) is 0. The van der Waals surface area contributed by atoms with Crippen molar-refractivity contribution in [3.05, 3.63) is 24.4 Å². The van der Waals surface area contributed by atoms with E-state index in [-0.39, 0.29) is 0 Å². The van der Waals surface area contributed by atoms with Gasteiger partial charge < -0.3 is 4.90 Å². The van der Waals surface area contributed by atoms with Crippen LogP contribution >= 0.6 is 0 Å². The van der Waals surface area contributed by atoms with Crippen LogP contribution in [0.5, 0.6) is 0 Å². The molecule has 0 aromatic rings. The van der Waals surface area contributed by atoms with E-state index in [0.29, 0.717) is 5.92 Å². The van der Waals surface area contributed by atoms with Crippen LogP contribution in [0.3, 0.4) is 0 Å². The molecule has 1 heteroatoms. The number of allylic oxidation sites excluding steroid dienone is 2. The third-order valence-electron chi connectivity index (χ3n) is 3.37. The number of nitrogens with zero attached hydrogens (tertiary/aromatic N) is 1. The summed E-state index contributed by atoms with van der Waals surface area (Å²) in [5.74, 6) is 0.694. The lowest BCUT2D eigenvalue weighted by Crippen LogP contribution is -2.22. The van der Waals surface area contributed by atoms with Crippen molar-refractivity contribution in [2.24, 2.45) is 5.92 Å². The molecule has 1 atom stereocenters. The van der Waals surface area contributed by atoms with E-state index < -0.39 is 0 Å². The van der Waals surface area contributed by atoms with E-state index in [4.69, 9.17) is 0 Å². The number of hydrogen-bond donors (Lipinski definition) is 0. The van der Waals surface area contributed by atoms with E-state index >= 15 is 0 Å². The zero-order valence-electron chi connectivity index (χ0n) is 9.68. The summed E-state index contributed by atoms with van der Waals surface area (Å²) < 4.78 is 0. The topological polar surface area (TPSA) is 3.24 Å². The molecule has 0 heterocycles. The van der Waals surface area contributed by atoms with Crippen LogP contribution in [0.1, 0.15) is 39.0 Å². The quantitative estimate of drug-likeness (QED) is 0.489. The van der Waals surface area contributed by atoms with Crippen LogP contribution in [0.2, 0.25) is 0 Å². The standard InChI is InChI=1S/C13H23N/c1-5-14(4)12(3)13-8-6-7-11(2)9-10-13/h13H,2-3,5-10H2,1,4H3. The molecule has 0 aromatic carbocycles. The van der Waals surface area contributed by atoms with Crippen molar-refractivity contribution in [3.8, 4) is 0 Å². The van der Waals surface area contributed by atoms with Crippen molar-refractivity contribution < 1.29 is 0 Å². The lowest BCUT2D eigenvalue weighted by atomic mass is 9.96. The zero-order valence-corrected chi connectivity index (χ0v) is 9.68. The van der Waals surface area contributed by atoms with E-state index in [1.54, 1.807) is 0 Å². The molecule has 1 aliphatic rings. The summed E-state index contributed by atoms with van der Waals surface area (Å²) in [6.45, 7) is 11.5. The fourth-order valence-electron chi connectivity index (χ4n) is 2.09. The van der Waals surface area contributed by atoms with Gasteiger partial charge in [-0.05, 0) is 44.9 Å². The van der Waals surface area contributed by atoms with E-state index in [1.165, 1.54) is 43.4 Å². The third kappa shape index (κ3) is 2.90. The Bertz CT molecular complexity index is 217. The molecule has 1 rings (SSSR count). The molecule has 0 saturated heterocycles. The van der Waals surface area contributed by atoms with Crippen LogP contribution in [0.25, 0.3) is 0 Å². The van der Waals surface area contributed by atoms with Gasteiger partial charge >= 0.3 is 0 Å². The predicted molar refractivity (Wildman–Crippen MR) is 63.2 cm³/mol. The molecule has 0 aromatic heterocycles. The van der Waals surface area contributed by atoms with E-state index in [1.807, 2.05) is 0 Å². The molecule has 0 bridgehead atoms. The van der Waals surface area contributed by atoms with Gasteiger partial charge in [0.1, 0.15) is 0 Å². The lowest BCUT2D eigenvalue weighted by molar-refractivity contribution is 0.354. The maximum Gasteiger partial charge on any atom is 0.0143 e. The van der Waals surface area contributed by atoms with Crippen LogP contribution < -0.4 is 0 Å². The Hall–Kier alpha value is -0.720. The second-order valence-corrected chi connectivity index (χ2v) is 4.38. The fourth-order valence-corrected chi connectivity index (χ4v) is 2.09. The Morgan fingerprint density at radius 3 is 2.79 bits per heavy atom.